The van der Waals surface area contributed by atoms with Gasteiger partial charge in [-0.15, -0.1) is 0 Å². The maximum absolute atomic E-state index is 13.7. The third-order valence-corrected chi connectivity index (χ3v) is 5.44. The maximum Gasteiger partial charge on any atom is 0.194 e. The molecule has 9 heteroatoms. The molecule has 0 bridgehead atoms. The van der Waals surface area contributed by atoms with Crippen LogP contribution in [0.5, 0.6) is 5.75 Å². The summed E-state index contributed by atoms with van der Waals surface area (Å²) in [6.07, 6.45) is 2.20. The third-order valence-electron chi connectivity index (χ3n) is 5.44. The number of benzene rings is 3. The van der Waals surface area contributed by atoms with Crippen molar-refractivity contribution >= 4 is 0 Å². The number of hydrogen-bond acceptors (Lipinski definition) is 2. The van der Waals surface area contributed by atoms with Gasteiger partial charge in [0.05, 0.1) is 11.7 Å². The van der Waals surface area contributed by atoms with E-state index in [0.29, 0.717) is 29.2 Å². The molecule has 0 N–H and O–H groups in total. The molecule has 3 aromatic carbocycles. The number of alkyl halides is 1. The van der Waals surface area contributed by atoms with Crippen LogP contribution in [0.15, 0.2) is 48.5 Å². The van der Waals surface area contributed by atoms with E-state index >= 15 is 0 Å². The minimum atomic E-state index is -1.65. The highest BCUT2D eigenvalue weighted by atomic mass is 19.3. The molecule has 1 heterocycles. The van der Waals surface area contributed by atoms with Gasteiger partial charge in [0.1, 0.15) is 18.3 Å². The van der Waals surface area contributed by atoms with Crippen LogP contribution < -0.4 is 4.94 Å². The summed E-state index contributed by atoms with van der Waals surface area (Å²) in [7, 11) is 0. The molecule has 2 unspecified atom stereocenters. The first kappa shape index (κ1) is 25.6. The second kappa shape index (κ2) is 11.4. The van der Waals surface area contributed by atoms with Crippen LogP contribution in [0, 0.1) is 35.0 Å². The number of hydrogen-bond donors (Lipinski definition) is 0. The molecular weight excluding hydrogens is 465 g/mol. The molecular formula is C25H21F7O2. The zero-order valence-electron chi connectivity index (χ0n) is 18.1. The smallest absolute Gasteiger partial charge is 0.194 e. The molecule has 1 fully saturated rings. The number of ether oxygens (including phenoxy) is 1. The van der Waals surface area contributed by atoms with Gasteiger partial charge >= 0.3 is 0 Å². The summed E-state index contributed by atoms with van der Waals surface area (Å²) < 4.78 is 93.5. The zero-order valence-corrected chi connectivity index (χ0v) is 18.1. The van der Waals surface area contributed by atoms with Gasteiger partial charge in [0.15, 0.2) is 23.2 Å². The van der Waals surface area contributed by atoms with Gasteiger partial charge in [-0.3, -0.25) is 4.94 Å². The molecule has 2 atom stereocenters. The van der Waals surface area contributed by atoms with Crippen molar-refractivity contribution in [2.75, 3.05) is 6.61 Å². The molecule has 3 aromatic rings. The molecule has 1 aliphatic heterocycles. The van der Waals surface area contributed by atoms with E-state index in [1.54, 1.807) is 0 Å². The Labute approximate surface area is 191 Å². The second-order valence-electron chi connectivity index (χ2n) is 7.96. The molecule has 0 saturated carbocycles. The highest BCUT2D eigenvalue weighted by molar-refractivity contribution is 5.64. The predicted octanol–water partition coefficient (Wildman–Crippen LogP) is 7.96. The Kier molecular flexibility index (Phi) is 8.55. The first-order valence-electron chi connectivity index (χ1n) is 10.4. The van der Waals surface area contributed by atoms with E-state index in [1.807, 2.05) is 24.3 Å². The SMILES string of the molecule is CC1CCC(c2ccc(-c3cc(F)c(CF)c(F)c3)cc2)OC1.FOc1cc(F)c(F)c(F)c1. The highest BCUT2D eigenvalue weighted by Gasteiger charge is 2.20. The van der Waals surface area contributed by atoms with E-state index in [0.717, 1.165) is 25.0 Å². The molecule has 1 saturated heterocycles. The van der Waals surface area contributed by atoms with Crippen LogP contribution in [-0.2, 0) is 11.4 Å². The lowest BCUT2D eigenvalue weighted by Gasteiger charge is -2.27. The van der Waals surface area contributed by atoms with E-state index in [1.165, 1.54) is 12.1 Å². The normalized spacial score (nSPS) is 17.6. The van der Waals surface area contributed by atoms with Crippen LogP contribution in [0.25, 0.3) is 11.1 Å². The lowest BCUT2D eigenvalue weighted by Crippen LogP contribution is -2.18. The fourth-order valence-electron chi connectivity index (χ4n) is 3.51. The average molecular weight is 486 g/mol. The van der Waals surface area contributed by atoms with Crippen molar-refractivity contribution < 1.29 is 40.5 Å². The van der Waals surface area contributed by atoms with E-state index < -0.39 is 47.1 Å². The summed E-state index contributed by atoms with van der Waals surface area (Å²) in [4.78, 5) is 2.98. The minimum Gasteiger partial charge on any atom is -0.373 e. The molecule has 0 amide bonds. The van der Waals surface area contributed by atoms with Crippen molar-refractivity contribution in [3.05, 3.63) is 88.7 Å². The summed E-state index contributed by atoms with van der Waals surface area (Å²) in [5, 5.41) is 0. The fourth-order valence-corrected chi connectivity index (χ4v) is 3.51. The topological polar surface area (TPSA) is 18.5 Å². The largest absolute Gasteiger partial charge is 0.373 e. The standard InChI is InChI=1S/C19H19F3O.C6H2F4O/c1-12-2-7-19(23-11-12)14-5-3-13(4-6-14)15-8-17(21)16(10-20)18(22)9-15;7-4-1-3(11-10)2-5(8)6(4)9/h3-6,8-9,12,19H,2,7,10-11H2,1H3;1-2H. The Hall–Kier alpha value is -3.07. The first-order valence-corrected chi connectivity index (χ1v) is 10.4. The fraction of sp³-hybridized carbons (Fsp3) is 0.280. The van der Waals surface area contributed by atoms with Crippen molar-refractivity contribution in [1.82, 2.24) is 0 Å². The Morgan fingerprint density at radius 3 is 1.88 bits per heavy atom. The highest BCUT2D eigenvalue weighted by Crippen LogP contribution is 2.32. The van der Waals surface area contributed by atoms with E-state index in [4.69, 9.17) is 4.74 Å². The van der Waals surface area contributed by atoms with Crippen LogP contribution in [-0.4, -0.2) is 6.61 Å². The van der Waals surface area contributed by atoms with Gasteiger partial charge in [0.2, 0.25) is 0 Å². The Bertz CT molecular complexity index is 1060. The van der Waals surface area contributed by atoms with Crippen molar-refractivity contribution in [2.45, 2.75) is 32.5 Å². The van der Waals surface area contributed by atoms with Gasteiger partial charge < -0.3 is 4.74 Å². The first-order chi connectivity index (χ1) is 16.2. The van der Waals surface area contributed by atoms with Gasteiger partial charge in [-0.05, 0) is 47.6 Å². The van der Waals surface area contributed by atoms with Gasteiger partial charge in [0, 0.05) is 23.3 Å². The molecule has 4 rings (SSSR count). The van der Waals surface area contributed by atoms with E-state index in [-0.39, 0.29) is 6.10 Å². The zero-order chi connectivity index (χ0) is 24.8. The van der Waals surface area contributed by atoms with Crippen molar-refractivity contribution in [1.29, 1.82) is 0 Å². The Morgan fingerprint density at radius 2 is 1.41 bits per heavy atom. The summed E-state index contributed by atoms with van der Waals surface area (Å²) in [6.45, 7) is 1.78. The summed E-state index contributed by atoms with van der Waals surface area (Å²) in [5.41, 5.74) is 1.65. The van der Waals surface area contributed by atoms with Gasteiger partial charge in [-0.1, -0.05) is 31.2 Å². The molecule has 0 spiro atoms. The molecule has 0 aliphatic carbocycles. The molecule has 2 nitrogen and oxygen atoms in total. The third kappa shape index (κ3) is 6.08. The van der Waals surface area contributed by atoms with Crippen molar-refractivity contribution in [3.63, 3.8) is 0 Å². The lowest BCUT2D eigenvalue weighted by molar-refractivity contribution is -0.0123. The molecule has 34 heavy (non-hydrogen) atoms. The molecule has 0 radical (unpaired) electrons. The quantitative estimate of drug-likeness (QED) is 0.275. The average Bonchev–Trinajstić information content (AvgIpc) is 2.83. The van der Waals surface area contributed by atoms with Crippen LogP contribution in [0.3, 0.4) is 0 Å². The molecule has 182 valence electrons. The van der Waals surface area contributed by atoms with Crippen LogP contribution >= 0.6 is 0 Å². The molecule has 0 aromatic heterocycles. The Balaban J connectivity index is 0.000000248. The van der Waals surface area contributed by atoms with E-state index in [2.05, 4.69) is 11.9 Å². The second-order valence-corrected chi connectivity index (χ2v) is 7.96. The molecule has 1 aliphatic rings. The monoisotopic (exact) mass is 486 g/mol. The van der Waals surface area contributed by atoms with Crippen LogP contribution in [0.2, 0.25) is 0 Å². The van der Waals surface area contributed by atoms with Crippen molar-refractivity contribution in [3.8, 4) is 16.9 Å². The van der Waals surface area contributed by atoms with Crippen molar-refractivity contribution in [2.24, 2.45) is 5.92 Å². The van der Waals surface area contributed by atoms with E-state index in [9.17, 15) is 30.9 Å². The van der Waals surface area contributed by atoms with Gasteiger partial charge in [-0.2, -0.15) is 0 Å². The number of halogens is 7. The maximum atomic E-state index is 13.7. The summed E-state index contributed by atoms with van der Waals surface area (Å²) in [5.74, 6) is -6.44. The lowest BCUT2D eigenvalue weighted by atomic mass is 9.94. The number of rotatable bonds is 4. The minimum absolute atomic E-state index is 0.0858. The van der Waals surface area contributed by atoms with Gasteiger partial charge in [0.25, 0.3) is 0 Å². The Morgan fingerprint density at radius 1 is 0.824 bits per heavy atom. The van der Waals surface area contributed by atoms with Gasteiger partial charge in [-0.25, -0.2) is 26.3 Å². The van der Waals surface area contributed by atoms with Crippen LogP contribution in [0.1, 0.15) is 37.0 Å². The van der Waals surface area contributed by atoms with Crippen LogP contribution in [0.4, 0.5) is 30.9 Å². The predicted molar refractivity (Wildman–Crippen MR) is 112 cm³/mol. The summed E-state index contributed by atoms with van der Waals surface area (Å²) in [6, 6.07) is 10.6. The summed E-state index contributed by atoms with van der Waals surface area (Å²) >= 11 is 0.